The Morgan fingerprint density at radius 1 is 1.03 bits per heavy atom. The minimum Gasteiger partial charge on any atom is -0.507 e. The first kappa shape index (κ1) is 23.4. The molecule has 176 valence electrons. The normalized spacial score (nSPS) is 17.1. The molecule has 1 aromatic heterocycles. The second kappa shape index (κ2) is 10.0. The van der Waals surface area contributed by atoms with Crippen LogP contribution in [0.1, 0.15) is 29.0 Å². The van der Waals surface area contributed by atoms with Gasteiger partial charge in [-0.1, -0.05) is 18.2 Å². The van der Waals surface area contributed by atoms with Gasteiger partial charge in [0.05, 0.1) is 39.0 Å². The molecule has 8 heteroatoms. The molecule has 0 spiro atoms. The fourth-order valence-corrected chi connectivity index (χ4v) is 4.80. The number of nitrogens with zero attached hydrogens (tertiary/aromatic N) is 1. The molecule has 1 atom stereocenters. The van der Waals surface area contributed by atoms with Crippen LogP contribution < -0.4 is 14.2 Å². The van der Waals surface area contributed by atoms with Crippen LogP contribution in [0.3, 0.4) is 0 Å². The van der Waals surface area contributed by atoms with E-state index in [-0.39, 0.29) is 17.9 Å². The van der Waals surface area contributed by atoms with Crippen LogP contribution in [-0.2, 0) is 16.1 Å². The summed E-state index contributed by atoms with van der Waals surface area (Å²) in [5, 5.41) is 13.2. The maximum Gasteiger partial charge on any atom is 0.295 e. The van der Waals surface area contributed by atoms with Crippen LogP contribution in [0.2, 0.25) is 0 Å². The van der Waals surface area contributed by atoms with Crippen molar-refractivity contribution in [1.29, 1.82) is 0 Å². The Morgan fingerprint density at radius 2 is 1.79 bits per heavy atom. The Labute approximate surface area is 201 Å². The van der Waals surface area contributed by atoms with Gasteiger partial charge in [0.25, 0.3) is 11.7 Å². The smallest absolute Gasteiger partial charge is 0.295 e. The van der Waals surface area contributed by atoms with Gasteiger partial charge >= 0.3 is 0 Å². The number of hydrogen-bond donors (Lipinski definition) is 1. The number of amides is 1. The Bertz CT molecular complexity index is 1220. The van der Waals surface area contributed by atoms with E-state index >= 15 is 0 Å². The van der Waals surface area contributed by atoms with Crippen molar-refractivity contribution in [3.05, 3.63) is 81.6 Å². The van der Waals surface area contributed by atoms with Crippen molar-refractivity contribution in [2.24, 2.45) is 0 Å². The number of thiophene rings is 1. The molecule has 0 radical (unpaired) electrons. The van der Waals surface area contributed by atoms with Gasteiger partial charge in [-0.05, 0) is 48.7 Å². The summed E-state index contributed by atoms with van der Waals surface area (Å²) in [5.74, 6) is -0.199. The van der Waals surface area contributed by atoms with Gasteiger partial charge in [-0.2, -0.15) is 0 Å². The van der Waals surface area contributed by atoms with E-state index in [1.54, 1.807) is 42.5 Å². The Balaban J connectivity index is 1.89. The van der Waals surface area contributed by atoms with E-state index in [0.717, 1.165) is 4.88 Å². The number of carbonyl (C=O) groups is 2. The van der Waals surface area contributed by atoms with Crippen LogP contribution in [0, 0.1) is 0 Å². The van der Waals surface area contributed by atoms with E-state index in [0.29, 0.717) is 35.0 Å². The summed E-state index contributed by atoms with van der Waals surface area (Å²) in [6.07, 6.45) is 0. The van der Waals surface area contributed by atoms with E-state index in [9.17, 15) is 14.7 Å². The number of aliphatic hydroxyl groups is 1. The number of methoxy groups -OCH3 is 2. The van der Waals surface area contributed by atoms with Crippen LogP contribution in [-0.4, -0.2) is 42.5 Å². The molecule has 1 saturated heterocycles. The Morgan fingerprint density at radius 3 is 2.41 bits per heavy atom. The quantitative estimate of drug-likeness (QED) is 0.284. The predicted octanol–water partition coefficient (Wildman–Crippen LogP) is 4.79. The molecule has 34 heavy (non-hydrogen) atoms. The van der Waals surface area contributed by atoms with E-state index in [1.165, 1.54) is 30.5 Å². The van der Waals surface area contributed by atoms with Gasteiger partial charge in [0.2, 0.25) is 0 Å². The van der Waals surface area contributed by atoms with Crippen molar-refractivity contribution in [3.63, 3.8) is 0 Å². The van der Waals surface area contributed by atoms with Gasteiger partial charge in [0.15, 0.2) is 11.5 Å². The summed E-state index contributed by atoms with van der Waals surface area (Å²) >= 11 is 1.49. The van der Waals surface area contributed by atoms with Crippen molar-refractivity contribution < 1.29 is 28.9 Å². The number of benzene rings is 2. The molecular formula is C26H25NO6S. The standard InChI is InChI=1S/C26H25NO6S/c1-4-33-17-12-10-16(11-13-17)23(28)21-22(19-8-5-9-20(31-2)25(19)32-3)27(26(30)24(21)29)15-18-7-6-14-34-18/h5-14,22,28H,4,15H2,1-3H3/b23-21+. The Hall–Kier alpha value is -3.78. The third-order valence-electron chi connectivity index (χ3n) is 5.61. The highest BCUT2D eigenvalue weighted by molar-refractivity contribution is 7.09. The molecule has 2 aromatic carbocycles. The largest absolute Gasteiger partial charge is 0.507 e. The first-order valence-corrected chi connectivity index (χ1v) is 11.6. The molecule has 1 amide bonds. The van der Waals surface area contributed by atoms with E-state index in [4.69, 9.17) is 14.2 Å². The highest BCUT2D eigenvalue weighted by atomic mass is 32.1. The van der Waals surface area contributed by atoms with Crippen LogP contribution in [0.4, 0.5) is 0 Å². The number of rotatable bonds is 8. The molecule has 2 heterocycles. The molecular weight excluding hydrogens is 454 g/mol. The average Bonchev–Trinajstić information content (AvgIpc) is 3.46. The minimum absolute atomic E-state index is 0.00253. The summed E-state index contributed by atoms with van der Waals surface area (Å²) in [6, 6.07) is 14.9. The van der Waals surface area contributed by atoms with Gasteiger partial charge in [-0.3, -0.25) is 9.59 Å². The zero-order valence-corrected chi connectivity index (χ0v) is 19.9. The van der Waals surface area contributed by atoms with E-state index in [1.807, 2.05) is 24.4 Å². The maximum atomic E-state index is 13.3. The number of hydrogen-bond acceptors (Lipinski definition) is 7. The highest BCUT2D eigenvalue weighted by Gasteiger charge is 2.47. The summed E-state index contributed by atoms with van der Waals surface area (Å²) in [4.78, 5) is 28.8. The van der Waals surface area contributed by atoms with Crippen LogP contribution in [0.25, 0.3) is 5.76 Å². The van der Waals surface area contributed by atoms with E-state index < -0.39 is 17.7 Å². The molecule has 4 rings (SSSR count). The van der Waals surface area contributed by atoms with Gasteiger partial charge in [0.1, 0.15) is 11.5 Å². The van der Waals surface area contributed by atoms with Gasteiger partial charge in [-0.25, -0.2) is 0 Å². The third kappa shape index (κ3) is 4.24. The molecule has 1 aliphatic heterocycles. The lowest BCUT2D eigenvalue weighted by atomic mass is 9.94. The first-order valence-electron chi connectivity index (χ1n) is 10.7. The molecule has 0 aliphatic carbocycles. The summed E-state index contributed by atoms with van der Waals surface area (Å²) in [5.41, 5.74) is 0.951. The monoisotopic (exact) mass is 479 g/mol. The Kier molecular flexibility index (Phi) is 6.88. The van der Waals surface area contributed by atoms with Crippen molar-refractivity contribution in [3.8, 4) is 17.2 Å². The third-order valence-corrected chi connectivity index (χ3v) is 6.47. The molecule has 1 unspecified atom stereocenters. The number of likely N-dealkylation sites (tertiary alicyclic amines) is 1. The van der Waals surface area contributed by atoms with Gasteiger partial charge < -0.3 is 24.2 Å². The fraction of sp³-hybridized carbons (Fsp3) is 0.231. The van der Waals surface area contributed by atoms with Crippen LogP contribution in [0.15, 0.2) is 65.6 Å². The number of carbonyl (C=O) groups excluding carboxylic acids is 2. The van der Waals surface area contributed by atoms with Gasteiger partial charge in [0, 0.05) is 16.0 Å². The van der Waals surface area contributed by atoms with Gasteiger partial charge in [-0.15, -0.1) is 11.3 Å². The lowest BCUT2D eigenvalue weighted by Gasteiger charge is -2.26. The van der Waals surface area contributed by atoms with Crippen LogP contribution in [0.5, 0.6) is 17.2 Å². The van der Waals surface area contributed by atoms with Crippen molar-refractivity contribution in [2.45, 2.75) is 19.5 Å². The molecule has 1 aliphatic rings. The molecule has 0 saturated carbocycles. The topological polar surface area (TPSA) is 85.3 Å². The molecule has 0 bridgehead atoms. The zero-order chi connectivity index (χ0) is 24.2. The number of Topliss-reactive ketones (excluding diaryl/α,β-unsaturated/α-hetero) is 1. The van der Waals surface area contributed by atoms with E-state index in [2.05, 4.69) is 0 Å². The summed E-state index contributed by atoms with van der Waals surface area (Å²) < 4.78 is 16.5. The number of aliphatic hydroxyl groups excluding tert-OH is 1. The van der Waals surface area contributed by atoms with Crippen molar-refractivity contribution in [1.82, 2.24) is 4.90 Å². The fourth-order valence-electron chi connectivity index (χ4n) is 4.10. The lowest BCUT2D eigenvalue weighted by molar-refractivity contribution is -0.140. The number of ether oxygens (including phenoxy) is 3. The molecule has 1 fully saturated rings. The maximum absolute atomic E-state index is 13.3. The average molecular weight is 480 g/mol. The summed E-state index contributed by atoms with van der Waals surface area (Å²) in [6.45, 7) is 2.60. The van der Waals surface area contributed by atoms with Crippen molar-refractivity contribution in [2.75, 3.05) is 20.8 Å². The minimum atomic E-state index is -0.862. The predicted molar refractivity (Wildman–Crippen MR) is 129 cm³/mol. The van der Waals surface area contributed by atoms with Crippen LogP contribution >= 0.6 is 11.3 Å². The molecule has 7 nitrogen and oxygen atoms in total. The molecule has 3 aromatic rings. The first-order chi connectivity index (χ1) is 16.5. The number of ketones is 1. The lowest BCUT2D eigenvalue weighted by Crippen LogP contribution is -2.29. The second-order valence-corrected chi connectivity index (χ2v) is 8.58. The zero-order valence-electron chi connectivity index (χ0n) is 19.1. The highest BCUT2D eigenvalue weighted by Crippen LogP contribution is 2.46. The SMILES string of the molecule is CCOc1ccc(/C(O)=C2\C(=O)C(=O)N(Cc3cccs3)C2c2cccc(OC)c2OC)cc1. The second-order valence-electron chi connectivity index (χ2n) is 7.55. The number of para-hydroxylation sites is 1. The summed E-state index contributed by atoms with van der Waals surface area (Å²) in [7, 11) is 3.02. The molecule has 1 N–H and O–H groups in total. The van der Waals surface area contributed by atoms with Crippen molar-refractivity contribution >= 4 is 28.8 Å².